The molecule has 0 aliphatic heterocycles. The zero-order chi connectivity index (χ0) is 12.3. The maximum absolute atomic E-state index is 10.6. The average Bonchev–Trinajstić information content (AvgIpc) is 2.78. The molecule has 1 heterocycles. The molecular formula is C10H8IN3O3. The number of aromatic nitrogens is 1. The molecule has 0 atom stereocenters. The molecule has 17 heavy (non-hydrogen) atoms. The number of nitro benzene ring substituents is 1. The summed E-state index contributed by atoms with van der Waals surface area (Å²) in [6.45, 7) is 0.518. The van der Waals surface area contributed by atoms with Crippen LogP contribution in [0.2, 0.25) is 0 Å². The third-order valence-corrected chi connectivity index (χ3v) is 2.97. The zero-order valence-corrected chi connectivity index (χ0v) is 10.7. The lowest BCUT2D eigenvalue weighted by Crippen LogP contribution is -2.00. The molecule has 88 valence electrons. The number of halogens is 1. The van der Waals surface area contributed by atoms with E-state index in [0.717, 1.165) is 11.4 Å². The summed E-state index contributed by atoms with van der Waals surface area (Å²) in [7, 11) is 0. The van der Waals surface area contributed by atoms with Crippen molar-refractivity contribution in [2.45, 2.75) is 6.54 Å². The van der Waals surface area contributed by atoms with Crippen molar-refractivity contribution in [1.29, 1.82) is 0 Å². The fourth-order valence-electron chi connectivity index (χ4n) is 1.29. The van der Waals surface area contributed by atoms with E-state index in [2.05, 4.69) is 10.5 Å². The van der Waals surface area contributed by atoms with Crippen LogP contribution >= 0.6 is 22.6 Å². The van der Waals surface area contributed by atoms with Crippen molar-refractivity contribution in [2.75, 3.05) is 5.32 Å². The Labute approximate surface area is 110 Å². The van der Waals surface area contributed by atoms with Gasteiger partial charge in [0.2, 0.25) is 0 Å². The van der Waals surface area contributed by atoms with Crippen molar-refractivity contribution in [1.82, 2.24) is 5.16 Å². The van der Waals surface area contributed by atoms with E-state index in [-0.39, 0.29) is 5.69 Å². The maximum atomic E-state index is 10.6. The summed E-state index contributed by atoms with van der Waals surface area (Å²) in [6.07, 6.45) is 1.50. The van der Waals surface area contributed by atoms with E-state index in [9.17, 15) is 10.1 Å². The lowest BCUT2D eigenvalue weighted by Gasteiger charge is -2.04. The number of nitrogens with zero attached hydrogens (tertiary/aromatic N) is 2. The minimum atomic E-state index is -0.400. The SMILES string of the molecule is O=[N+]([O-])c1ccc(NCc2ccon2)cc1I. The van der Waals surface area contributed by atoms with Gasteiger partial charge in [-0.25, -0.2) is 0 Å². The van der Waals surface area contributed by atoms with Crippen LogP contribution in [0.15, 0.2) is 35.1 Å². The number of rotatable bonds is 4. The van der Waals surface area contributed by atoms with Crippen molar-refractivity contribution in [3.8, 4) is 0 Å². The molecule has 0 bridgehead atoms. The largest absolute Gasteiger partial charge is 0.379 e. The fraction of sp³-hybridized carbons (Fsp3) is 0.100. The second kappa shape index (κ2) is 5.13. The molecule has 2 rings (SSSR count). The van der Waals surface area contributed by atoms with Crippen LogP contribution in [0.3, 0.4) is 0 Å². The third kappa shape index (κ3) is 2.93. The molecular weight excluding hydrogens is 337 g/mol. The molecule has 0 amide bonds. The molecule has 0 aliphatic carbocycles. The topological polar surface area (TPSA) is 81.2 Å². The highest BCUT2D eigenvalue weighted by Gasteiger charge is 2.11. The van der Waals surface area contributed by atoms with Gasteiger partial charge >= 0.3 is 0 Å². The number of hydrogen-bond acceptors (Lipinski definition) is 5. The Morgan fingerprint density at radius 3 is 2.88 bits per heavy atom. The van der Waals surface area contributed by atoms with E-state index in [0.29, 0.717) is 10.1 Å². The van der Waals surface area contributed by atoms with Gasteiger partial charge in [-0.15, -0.1) is 0 Å². The molecule has 0 spiro atoms. The molecule has 2 aromatic rings. The summed E-state index contributed by atoms with van der Waals surface area (Å²) < 4.78 is 5.29. The summed E-state index contributed by atoms with van der Waals surface area (Å²) in [5, 5.41) is 17.5. The van der Waals surface area contributed by atoms with Crippen molar-refractivity contribution < 1.29 is 9.45 Å². The van der Waals surface area contributed by atoms with E-state index in [1.165, 1.54) is 12.3 Å². The molecule has 0 radical (unpaired) electrons. The molecule has 1 aromatic heterocycles. The maximum Gasteiger partial charge on any atom is 0.282 e. The summed E-state index contributed by atoms with van der Waals surface area (Å²) in [4.78, 5) is 10.2. The number of benzene rings is 1. The van der Waals surface area contributed by atoms with Crippen LogP contribution in [0.25, 0.3) is 0 Å². The standard InChI is InChI=1S/C10H8IN3O3/c11-9-5-7(1-2-10(9)14(15)16)12-6-8-3-4-17-13-8/h1-5,12H,6H2. The quantitative estimate of drug-likeness (QED) is 0.524. The highest BCUT2D eigenvalue weighted by atomic mass is 127. The summed E-state index contributed by atoms with van der Waals surface area (Å²) in [6, 6.07) is 6.62. The van der Waals surface area contributed by atoms with Gasteiger partial charge < -0.3 is 9.84 Å². The predicted octanol–water partition coefficient (Wildman–Crippen LogP) is 2.80. The van der Waals surface area contributed by atoms with Crippen LogP contribution < -0.4 is 5.32 Å². The van der Waals surface area contributed by atoms with Crippen LogP contribution in [0, 0.1) is 13.7 Å². The molecule has 0 unspecified atom stereocenters. The van der Waals surface area contributed by atoms with Crippen LogP contribution in [0.1, 0.15) is 5.69 Å². The van der Waals surface area contributed by atoms with Crippen molar-refractivity contribution in [2.24, 2.45) is 0 Å². The first-order valence-corrected chi connectivity index (χ1v) is 5.82. The summed E-state index contributed by atoms with van der Waals surface area (Å²) in [5.74, 6) is 0. The molecule has 7 heteroatoms. The second-order valence-corrected chi connectivity index (χ2v) is 4.43. The Morgan fingerprint density at radius 1 is 1.47 bits per heavy atom. The van der Waals surface area contributed by atoms with Gasteiger partial charge in [-0.1, -0.05) is 5.16 Å². The Morgan fingerprint density at radius 2 is 2.29 bits per heavy atom. The number of hydrogen-bond donors (Lipinski definition) is 1. The van der Waals surface area contributed by atoms with Gasteiger partial charge in [-0.05, 0) is 34.7 Å². The van der Waals surface area contributed by atoms with Gasteiger partial charge in [0.15, 0.2) is 0 Å². The van der Waals surface area contributed by atoms with Crippen molar-refractivity contribution in [3.05, 3.63) is 49.9 Å². The van der Waals surface area contributed by atoms with Crippen LogP contribution in [-0.4, -0.2) is 10.1 Å². The van der Waals surface area contributed by atoms with E-state index < -0.39 is 4.92 Å². The lowest BCUT2D eigenvalue weighted by molar-refractivity contribution is -0.385. The van der Waals surface area contributed by atoms with Gasteiger partial charge in [-0.3, -0.25) is 10.1 Å². The summed E-state index contributed by atoms with van der Waals surface area (Å²) >= 11 is 1.94. The Bertz CT molecular complexity index is 528. The molecule has 0 aliphatic rings. The van der Waals surface area contributed by atoms with E-state index >= 15 is 0 Å². The first kappa shape index (κ1) is 11.8. The van der Waals surface area contributed by atoms with Gasteiger partial charge in [0.25, 0.3) is 5.69 Å². The highest BCUT2D eigenvalue weighted by molar-refractivity contribution is 14.1. The number of anilines is 1. The predicted molar refractivity (Wildman–Crippen MR) is 69.6 cm³/mol. The average molecular weight is 345 g/mol. The normalized spacial score (nSPS) is 10.2. The van der Waals surface area contributed by atoms with Gasteiger partial charge in [0.1, 0.15) is 12.0 Å². The van der Waals surface area contributed by atoms with Crippen molar-refractivity contribution >= 4 is 34.0 Å². The van der Waals surface area contributed by atoms with Crippen LogP contribution in [0.5, 0.6) is 0 Å². The monoisotopic (exact) mass is 345 g/mol. The van der Waals surface area contributed by atoms with E-state index in [1.54, 1.807) is 18.2 Å². The number of nitro groups is 1. The van der Waals surface area contributed by atoms with Gasteiger partial charge in [0.05, 0.1) is 15.0 Å². The molecule has 0 fully saturated rings. The minimum absolute atomic E-state index is 0.109. The molecule has 0 saturated carbocycles. The van der Waals surface area contributed by atoms with Crippen LogP contribution in [0.4, 0.5) is 11.4 Å². The molecule has 0 saturated heterocycles. The first-order valence-electron chi connectivity index (χ1n) is 4.74. The Kier molecular flexibility index (Phi) is 3.57. The molecule has 1 N–H and O–H groups in total. The lowest BCUT2D eigenvalue weighted by atomic mass is 10.3. The third-order valence-electron chi connectivity index (χ3n) is 2.11. The Hall–Kier alpha value is -1.64. The number of nitrogens with one attached hydrogen (secondary N) is 1. The summed E-state index contributed by atoms with van der Waals surface area (Å²) in [5.41, 5.74) is 1.69. The fourth-order valence-corrected chi connectivity index (χ4v) is 2.00. The van der Waals surface area contributed by atoms with E-state index in [1.807, 2.05) is 22.6 Å². The van der Waals surface area contributed by atoms with E-state index in [4.69, 9.17) is 4.52 Å². The van der Waals surface area contributed by atoms with Crippen molar-refractivity contribution in [3.63, 3.8) is 0 Å². The molecule has 1 aromatic carbocycles. The second-order valence-electron chi connectivity index (χ2n) is 3.27. The first-order chi connectivity index (χ1) is 8.16. The molecule has 6 nitrogen and oxygen atoms in total. The Balaban J connectivity index is 2.07. The highest BCUT2D eigenvalue weighted by Crippen LogP contribution is 2.24. The zero-order valence-electron chi connectivity index (χ0n) is 8.59. The van der Waals surface area contributed by atoms with Crippen LogP contribution in [-0.2, 0) is 6.54 Å². The minimum Gasteiger partial charge on any atom is -0.379 e. The van der Waals surface area contributed by atoms with Gasteiger partial charge in [0, 0.05) is 17.8 Å². The smallest absolute Gasteiger partial charge is 0.282 e. The van der Waals surface area contributed by atoms with Gasteiger partial charge in [-0.2, -0.15) is 0 Å².